The Morgan fingerprint density at radius 3 is 2.50 bits per heavy atom. The summed E-state index contributed by atoms with van der Waals surface area (Å²) in [6.45, 7) is 4.76. The summed E-state index contributed by atoms with van der Waals surface area (Å²) < 4.78 is 13.0. The molecule has 0 unspecified atom stereocenters. The summed E-state index contributed by atoms with van der Waals surface area (Å²) in [5.74, 6) is -0.962. The number of esters is 1. The van der Waals surface area contributed by atoms with Crippen molar-refractivity contribution in [1.82, 2.24) is 14.5 Å². The fourth-order valence-electron chi connectivity index (χ4n) is 2.67. The summed E-state index contributed by atoms with van der Waals surface area (Å²) in [6, 6.07) is 10.5. The maximum atomic E-state index is 12.8. The summed E-state index contributed by atoms with van der Waals surface area (Å²) in [6.07, 6.45) is -1.13. The Balaban J connectivity index is 1.79. The standard InChI is InChI=1S/C19H20N4O5/c1-11-10-15(21-28-11)19(26)27-13(3)17(24)20-16-12(2)22(4)23(18(16)25)14-8-6-5-7-9-14/h5-10,13H,1-4H3,(H,20,24)/t13-/m1/s1. The van der Waals surface area contributed by atoms with Gasteiger partial charge in [-0.25, -0.2) is 9.48 Å². The van der Waals surface area contributed by atoms with Crippen LogP contribution < -0.4 is 10.9 Å². The van der Waals surface area contributed by atoms with Gasteiger partial charge in [-0.3, -0.25) is 14.3 Å². The van der Waals surface area contributed by atoms with Crippen LogP contribution in [0.25, 0.3) is 5.69 Å². The first-order chi connectivity index (χ1) is 13.3. The molecule has 9 heteroatoms. The Hall–Kier alpha value is -3.62. The Bertz CT molecular complexity index is 1080. The number of hydrogen-bond donors (Lipinski definition) is 1. The largest absolute Gasteiger partial charge is 0.448 e. The highest BCUT2D eigenvalue weighted by Crippen LogP contribution is 2.15. The van der Waals surface area contributed by atoms with Gasteiger partial charge in [0, 0.05) is 13.1 Å². The molecule has 0 aliphatic heterocycles. The number of carbonyl (C=O) groups is 2. The number of nitrogens with zero attached hydrogens (tertiary/aromatic N) is 3. The SMILES string of the molecule is Cc1cc(C(=O)O[C@H](C)C(=O)Nc2c(C)n(C)n(-c3ccccc3)c2=O)no1. The van der Waals surface area contributed by atoms with E-state index in [4.69, 9.17) is 9.26 Å². The minimum absolute atomic E-state index is 0.0283. The molecule has 0 aliphatic rings. The van der Waals surface area contributed by atoms with E-state index in [2.05, 4.69) is 10.5 Å². The fraction of sp³-hybridized carbons (Fsp3) is 0.263. The molecule has 0 spiro atoms. The van der Waals surface area contributed by atoms with Crippen molar-refractivity contribution in [3.8, 4) is 5.69 Å². The average Bonchev–Trinajstić information content (AvgIpc) is 3.20. The number of aryl methyl sites for hydroxylation is 1. The zero-order chi connectivity index (χ0) is 20.4. The highest BCUT2D eigenvalue weighted by molar-refractivity contribution is 5.97. The Labute approximate surface area is 160 Å². The van der Waals surface area contributed by atoms with Crippen LogP contribution in [0.3, 0.4) is 0 Å². The molecule has 1 atom stereocenters. The van der Waals surface area contributed by atoms with Gasteiger partial charge in [0.1, 0.15) is 11.4 Å². The van der Waals surface area contributed by atoms with Gasteiger partial charge in [0.25, 0.3) is 11.5 Å². The Morgan fingerprint density at radius 1 is 1.21 bits per heavy atom. The second-order valence-electron chi connectivity index (χ2n) is 6.30. The van der Waals surface area contributed by atoms with Crippen LogP contribution in [-0.4, -0.2) is 32.5 Å². The first-order valence-electron chi connectivity index (χ1n) is 8.58. The average molecular weight is 384 g/mol. The van der Waals surface area contributed by atoms with E-state index in [9.17, 15) is 14.4 Å². The van der Waals surface area contributed by atoms with Gasteiger partial charge in [0.05, 0.1) is 11.4 Å². The summed E-state index contributed by atoms with van der Waals surface area (Å²) in [5.41, 5.74) is 0.938. The zero-order valence-electron chi connectivity index (χ0n) is 15.9. The molecule has 2 heterocycles. The van der Waals surface area contributed by atoms with E-state index in [1.165, 1.54) is 17.7 Å². The van der Waals surface area contributed by atoms with E-state index in [-0.39, 0.29) is 16.9 Å². The molecule has 0 fully saturated rings. The second kappa shape index (κ2) is 7.55. The van der Waals surface area contributed by atoms with E-state index >= 15 is 0 Å². The van der Waals surface area contributed by atoms with Crippen LogP contribution in [0.4, 0.5) is 5.69 Å². The quantitative estimate of drug-likeness (QED) is 0.674. The van der Waals surface area contributed by atoms with Crippen LogP contribution in [0, 0.1) is 13.8 Å². The van der Waals surface area contributed by atoms with Gasteiger partial charge >= 0.3 is 5.97 Å². The van der Waals surface area contributed by atoms with Gasteiger partial charge in [-0.1, -0.05) is 23.4 Å². The number of para-hydroxylation sites is 1. The first kappa shape index (κ1) is 19.2. The van der Waals surface area contributed by atoms with Crippen LogP contribution in [0.2, 0.25) is 0 Å². The summed E-state index contributed by atoms with van der Waals surface area (Å²) in [4.78, 5) is 37.3. The van der Waals surface area contributed by atoms with Gasteiger partial charge in [-0.2, -0.15) is 0 Å². The third-order valence-corrected chi connectivity index (χ3v) is 4.29. The number of nitrogens with one attached hydrogen (secondary N) is 1. The van der Waals surface area contributed by atoms with E-state index in [1.54, 1.807) is 37.7 Å². The highest BCUT2D eigenvalue weighted by atomic mass is 16.6. The van der Waals surface area contributed by atoms with Gasteiger partial charge in [0.15, 0.2) is 11.8 Å². The van der Waals surface area contributed by atoms with Crippen LogP contribution in [0.1, 0.15) is 28.9 Å². The molecule has 1 amide bonds. The van der Waals surface area contributed by atoms with Crippen LogP contribution >= 0.6 is 0 Å². The Morgan fingerprint density at radius 2 is 1.89 bits per heavy atom. The normalized spacial score (nSPS) is 11.9. The molecular formula is C19H20N4O5. The number of benzene rings is 1. The van der Waals surface area contributed by atoms with Crippen molar-refractivity contribution < 1.29 is 18.8 Å². The van der Waals surface area contributed by atoms with E-state index in [0.717, 1.165) is 0 Å². The molecule has 28 heavy (non-hydrogen) atoms. The predicted molar refractivity (Wildman–Crippen MR) is 100 cm³/mol. The second-order valence-corrected chi connectivity index (χ2v) is 6.30. The van der Waals surface area contributed by atoms with Crippen molar-refractivity contribution in [2.45, 2.75) is 26.9 Å². The van der Waals surface area contributed by atoms with Crippen LogP contribution in [0.15, 0.2) is 45.7 Å². The number of amides is 1. The lowest BCUT2D eigenvalue weighted by Crippen LogP contribution is -2.32. The minimum Gasteiger partial charge on any atom is -0.448 e. The summed E-state index contributed by atoms with van der Waals surface area (Å²) >= 11 is 0. The maximum Gasteiger partial charge on any atom is 0.361 e. The van der Waals surface area contributed by atoms with E-state index in [0.29, 0.717) is 17.1 Å². The van der Waals surface area contributed by atoms with Crippen molar-refractivity contribution >= 4 is 17.6 Å². The lowest BCUT2D eigenvalue weighted by molar-refractivity contribution is -0.123. The third-order valence-electron chi connectivity index (χ3n) is 4.29. The number of carbonyl (C=O) groups excluding carboxylic acids is 2. The summed E-state index contributed by atoms with van der Waals surface area (Å²) in [5, 5.41) is 6.11. The fourth-order valence-corrected chi connectivity index (χ4v) is 2.67. The molecule has 146 valence electrons. The van der Waals surface area contributed by atoms with Crippen LogP contribution in [-0.2, 0) is 16.6 Å². The molecule has 1 aromatic carbocycles. The smallest absolute Gasteiger partial charge is 0.361 e. The first-order valence-corrected chi connectivity index (χ1v) is 8.58. The third kappa shape index (κ3) is 3.59. The molecule has 0 radical (unpaired) electrons. The van der Waals surface area contributed by atoms with Gasteiger partial charge < -0.3 is 14.6 Å². The van der Waals surface area contributed by atoms with Crippen molar-refractivity contribution in [3.05, 3.63) is 63.9 Å². The van der Waals surface area contributed by atoms with Crippen molar-refractivity contribution in [2.75, 3.05) is 5.32 Å². The lowest BCUT2D eigenvalue weighted by Gasteiger charge is -2.11. The van der Waals surface area contributed by atoms with Crippen molar-refractivity contribution in [2.24, 2.45) is 7.05 Å². The molecule has 3 aromatic rings. The number of aromatic nitrogens is 3. The zero-order valence-corrected chi connectivity index (χ0v) is 15.9. The molecule has 0 aliphatic carbocycles. The highest BCUT2D eigenvalue weighted by Gasteiger charge is 2.24. The number of ether oxygens (including phenoxy) is 1. The lowest BCUT2D eigenvalue weighted by atomic mass is 10.3. The van der Waals surface area contributed by atoms with Gasteiger partial charge in [0.2, 0.25) is 0 Å². The number of anilines is 1. The number of hydrogen-bond acceptors (Lipinski definition) is 6. The van der Waals surface area contributed by atoms with Crippen molar-refractivity contribution in [1.29, 1.82) is 0 Å². The molecule has 3 rings (SSSR count). The van der Waals surface area contributed by atoms with E-state index in [1.807, 2.05) is 18.2 Å². The molecular weight excluding hydrogens is 364 g/mol. The molecule has 0 bridgehead atoms. The molecule has 0 saturated carbocycles. The molecule has 2 aromatic heterocycles. The Kier molecular flexibility index (Phi) is 5.16. The molecule has 0 saturated heterocycles. The van der Waals surface area contributed by atoms with Crippen LogP contribution in [0.5, 0.6) is 0 Å². The molecule has 1 N–H and O–H groups in total. The number of rotatable bonds is 5. The predicted octanol–water partition coefficient (Wildman–Crippen LogP) is 1.96. The van der Waals surface area contributed by atoms with E-state index < -0.39 is 18.0 Å². The summed E-state index contributed by atoms with van der Waals surface area (Å²) in [7, 11) is 1.72. The minimum atomic E-state index is -1.13. The van der Waals surface area contributed by atoms with Gasteiger partial charge in [-0.05, 0) is 32.9 Å². The van der Waals surface area contributed by atoms with Gasteiger partial charge in [-0.15, -0.1) is 0 Å². The maximum absolute atomic E-state index is 12.8. The topological polar surface area (TPSA) is 108 Å². The van der Waals surface area contributed by atoms with Crippen molar-refractivity contribution in [3.63, 3.8) is 0 Å². The molecule has 9 nitrogen and oxygen atoms in total. The monoisotopic (exact) mass is 384 g/mol.